The first kappa shape index (κ1) is 16.7. The number of aryl methyl sites for hydroxylation is 1. The molecule has 124 valence electrons. The molecule has 0 amide bonds. The van der Waals surface area contributed by atoms with Gasteiger partial charge in [0.25, 0.3) is 5.56 Å². The molecule has 0 N–H and O–H groups in total. The molecule has 5 nitrogen and oxygen atoms in total. The van der Waals surface area contributed by atoms with Crippen molar-refractivity contribution in [1.82, 2.24) is 14.1 Å². The van der Waals surface area contributed by atoms with Gasteiger partial charge in [-0.3, -0.25) is 13.9 Å². The molecule has 3 rings (SSSR count). The molecule has 3 aromatic rings. The first-order chi connectivity index (χ1) is 11.4. The van der Waals surface area contributed by atoms with Crippen LogP contribution in [0.3, 0.4) is 0 Å². The minimum Gasteiger partial charge on any atom is -0.280 e. The molecule has 0 spiro atoms. The number of hydrogen-bond donors (Lipinski definition) is 0. The molecular weight excluding hydrogens is 353 g/mol. The molecule has 1 aromatic carbocycles. The molecule has 0 aliphatic carbocycles. The van der Waals surface area contributed by atoms with Crippen molar-refractivity contribution in [2.45, 2.75) is 10.6 Å². The van der Waals surface area contributed by atoms with Crippen molar-refractivity contribution in [2.24, 2.45) is 14.1 Å². The summed E-state index contributed by atoms with van der Waals surface area (Å²) in [5, 5.41) is 0.667. The predicted molar refractivity (Wildman–Crippen MR) is 93.2 cm³/mol. The molecule has 0 bridgehead atoms. The van der Waals surface area contributed by atoms with E-state index in [1.165, 1.54) is 35.6 Å². The second kappa shape index (κ2) is 6.41. The SMILES string of the molecule is Cn1c(=O)c2c(SCc3c(F)cccc3Cl)ccnc2n(C)c1=O. The van der Waals surface area contributed by atoms with Crippen molar-refractivity contribution in [3.05, 3.63) is 67.7 Å². The highest BCUT2D eigenvalue weighted by Gasteiger charge is 2.15. The van der Waals surface area contributed by atoms with E-state index in [0.717, 1.165) is 4.57 Å². The number of rotatable bonds is 3. The van der Waals surface area contributed by atoms with Crippen LogP contribution in [0.1, 0.15) is 5.56 Å². The van der Waals surface area contributed by atoms with Gasteiger partial charge in [-0.15, -0.1) is 11.8 Å². The van der Waals surface area contributed by atoms with Gasteiger partial charge in [0.2, 0.25) is 0 Å². The lowest BCUT2D eigenvalue weighted by molar-refractivity contribution is 0.617. The Hall–Kier alpha value is -2.12. The summed E-state index contributed by atoms with van der Waals surface area (Å²) in [6.45, 7) is 0. The number of nitrogens with zero attached hydrogens (tertiary/aromatic N) is 3. The zero-order valence-electron chi connectivity index (χ0n) is 12.9. The molecule has 0 saturated carbocycles. The molecule has 0 unspecified atom stereocenters. The maximum Gasteiger partial charge on any atom is 0.332 e. The van der Waals surface area contributed by atoms with Gasteiger partial charge in [0.05, 0.1) is 5.39 Å². The van der Waals surface area contributed by atoms with Crippen LogP contribution < -0.4 is 11.2 Å². The molecule has 0 aliphatic heterocycles. The summed E-state index contributed by atoms with van der Waals surface area (Å²) in [4.78, 5) is 29.2. The van der Waals surface area contributed by atoms with E-state index >= 15 is 0 Å². The van der Waals surface area contributed by atoms with E-state index in [-0.39, 0.29) is 5.75 Å². The van der Waals surface area contributed by atoms with Gasteiger partial charge < -0.3 is 0 Å². The van der Waals surface area contributed by atoms with Crippen LogP contribution >= 0.6 is 23.4 Å². The van der Waals surface area contributed by atoms with Crippen LogP contribution in [0.25, 0.3) is 11.0 Å². The number of halogens is 2. The first-order valence-electron chi connectivity index (χ1n) is 7.02. The maximum absolute atomic E-state index is 13.9. The largest absolute Gasteiger partial charge is 0.332 e. The third kappa shape index (κ3) is 2.74. The Morgan fingerprint density at radius 2 is 1.96 bits per heavy atom. The second-order valence-corrected chi connectivity index (χ2v) is 6.63. The first-order valence-corrected chi connectivity index (χ1v) is 8.38. The molecule has 0 atom stereocenters. The standard InChI is InChI=1S/C16H13ClFN3O2S/c1-20-14-13(15(22)21(2)16(20)23)12(6-7-19-14)24-8-9-10(17)4-3-5-11(9)18/h3-7H,8H2,1-2H3. The minimum absolute atomic E-state index is 0.261. The molecule has 0 aliphatic rings. The Kier molecular flexibility index (Phi) is 4.47. The monoisotopic (exact) mass is 365 g/mol. The van der Waals surface area contributed by atoms with Gasteiger partial charge in [-0.25, -0.2) is 14.2 Å². The molecule has 8 heteroatoms. The van der Waals surface area contributed by atoms with Gasteiger partial charge in [-0.2, -0.15) is 0 Å². The second-order valence-electron chi connectivity index (χ2n) is 5.20. The smallest absolute Gasteiger partial charge is 0.280 e. The van der Waals surface area contributed by atoms with Crippen molar-refractivity contribution >= 4 is 34.4 Å². The van der Waals surface area contributed by atoms with Crippen molar-refractivity contribution in [3.63, 3.8) is 0 Å². The zero-order chi connectivity index (χ0) is 17.4. The van der Waals surface area contributed by atoms with Crippen LogP contribution in [0, 0.1) is 5.82 Å². The average Bonchev–Trinajstić information content (AvgIpc) is 2.57. The van der Waals surface area contributed by atoms with Gasteiger partial charge in [0.1, 0.15) is 11.5 Å². The number of aromatic nitrogens is 3. The minimum atomic E-state index is -0.445. The lowest BCUT2D eigenvalue weighted by Gasteiger charge is -2.10. The van der Waals surface area contributed by atoms with Crippen LogP contribution in [0.5, 0.6) is 0 Å². The zero-order valence-corrected chi connectivity index (χ0v) is 14.5. The van der Waals surface area contributed by atoms with E-state index < -0.39 is 17.1 Å². The highest BCUT2D eigenvalue weighted by atomic mass is 35.5. The Bertz CT molecular complexity index is 1040. The van der Waals surface area contributed by atoms with E-state index in [4.69, 9.17) is 11.6 Å². The topological polar surface area (TPSA) is 56.9 Å². The third-order valence-corrected chi connectivity index (χ3v) is 5.17. The molecule has 24 heavy (non-hydrogen) atoms. The Morgan fingerprint density at radius 3 is 2.67 bits per heavy atom. The molecule has 0 saturated heterocycles. The van der Waals surface area contributed by atoms with E-state index in [9.17, 15) is 14.0 Å². The molecular formula is C16H13ClFN3O2S. The van der Waals surface area contributed by atoms with E-state index in [0.29, 0.717) is 26.5 Å². The lowest BCUT2D eigenvalue weighted by Crippen LogP contribution is -2.37. The number of benzene rings is 1. The van der Waals surface area contributed by atoms with Crippen molar-refractivity contribution in [3.8, 4) is 0 Å². The van der Waals surface area contributed by atoms with Gasteiger partial charge >= 0.3 is 5.69 Å². The van der Waals surface area contributed by atoms with E-state index in [1.54, 1.807) is 25.2 Å². The summed E-state index contributed by atoms with van der Waals surface area (Å²) in [7, 11) is 2.97. The molecule has 2 aromatic heterocycles. The Labute approximate surface area is 145 Å². The fourth-order valence-electron chi connectivity index (χ4n) is 2.40. The van der Waals surface area contributed by atoms with Crippen LogP contribution in [0.2, 0.25) is 5.02 Å². The summed E-state index contributed by atoms with van der Waals surface area (Å²) >= 11 is 7.32. The summed E-state index contributed by atoms with van der Waals surface area (Å²) in [5.41, 5.74) is -0.203. The lowest BCUT2D eigenvalue weighted by atomic mass is 10.2. The number of fused-ring (bicyclic) bond motifs is 1. The molecule has 0 radical (unpaired) electrons. The van der Waals surface area contributed by atoms with Crippen LogP contribution in [-0.2, 0) is 19.8 Å². The highest BCUT2D eigenvalue weighted by Crippen LogP contribution is 2.30. The third-order valence-electron chi connectivity index (χ3n) is 3.74. The van der Waals surface area contributed by atoms with Crippen molar-refractivity contribution in [1.29, 1.82) is 0 Å². The van der Waals surface area contributed by atoms with Crippen LogP contribution in [0.15, 0.2) is 44.9 Å². The normalized spacial score (nSPS) is 11.2. The van der Waals surface area contributed by atoms with Gasteiger partial charge in [0, 0.05) is 41.5 Å². The van der Waals surface area contributed by atoms with E-state index in [1.807, 2.05) is 0 Å². The maximum atomic E-state index is 13.9. The quantitative estimate of drug-likeness (QED) is 0.670. The fraction of sp³-hybridized carbons (Fsp3) is 0.188. The fourth-order valence-corrected chi connectivity index (χ4v) is 3.78. The summed E-state index contributed by atoms with van der Waals surface area (Å²) in [6.07, 6.45) is 1.52. The van der Waals surface area contributed by atoms with Gasteiger partial charge in [0.15, 0.2) is 0 Å². The number of thioether (sulfide) groups is 1. The summed E-state index contributed by atoms with van der Waals surface area (Å²) < 4.78 is 16.3. The summed E-state index contributed by atoms with van der Waals surface area (Å²) in [5.74, 6) is -0.134. The van der Waals surface area contributed by atoms with Gasteiger partial charge in [-0.1, -0.05) is 17.7 Å². The van der Waals surface area contributed by atoms with E-state index in [2.05, 4.69) is 4.98 Å². The van der Waals surface area contributed by atoms with Gasteiger partial charge in [-0.05, 0) is 18.2 Å². The Balaban J connectivity index is 2.11. The predicted octanol–water partition coefficient (Wildman–Crippen LogP) is 2.72. The van der Waals surface area contributed by atoms with Crippen LogP contribution in [-0.4, -0.2) is 14.1 Å². The summed E-state index contributed by atoms with van der Waals surface area (Å²) in [6, 6.07) is 6.18. The average molecular weight is 366 g/mol. The molecule has 2 heterocycles. The molecule has 0 fully saturated rings. The Morgan fingerprint density at radius 1 is 1.21 bits per heavy atom. The van der Waals surface area contributed by atoms with Crippen LogP contribution in [0.4, 0.5) is 4.39 Å². The number of hydrogen-bond acceptors (Lipinski definition) is 4. The number of pyridine rings is 1. The van der Waals surface area contributed by atoms with Crippen molar-refractivity contribution < 1.29 is 4.39 Å². The highest BCUT2D eigenvalue weighted by molar-refractivity contribution is 7.98. The van der Waals surface area contributed by atoms with Crippen molar-refractivity contribution in [2.75, 3.05) is 0 Å².